The van der Waals surface area contributed by atoms with Crippen LogP contribution in [0.2, 0.25) is 0 Å². The van der Waals surface area contributed by atoms with Crippen LogP contribution in [0.15, 0.2) is 91.0 Å². The monoisotopic (exact) mass is 337 g/mol. The molecule has 26 heavy (non-hydrogen) atoms. The molecule has 0 saturated carbocycles. The topological polar surface area (TPSA) is 3.24 Å². The first kappa shape index (κ1) is 15.5. The average Bonchev–Trinajstić information content (AvgIpc) is 3.00. The first-order valence-corrected chi connectivity index (χ1v) is 9.35. The summed E-state index contributed by atoms with van der Waals surface area (Å²) in [5.41, 5.74) is 6.77. The molecule has 0 bridgehead atoms. The lowest BCUT2D eigenvalue weighted by atomic mass is 9.67. The molecule has 128 valence electrons. The zero-order chi connectivity index (χ0) is 17.8. The lowest BCUT2D eigenvalue weighted by molar-refractivity contribution is 0.401. The number of para-hydroxylation sites is 3. The summed E-state index contributed by atoms with van der Waals surface area (Å²) in [6, 6.07) is 28.5. The van der Waals surface area contributed by atoms with E-state index < -0.39 is 0 Å². The molecule has 3 aromatic rings. The fraction of sp³-hybridized carbons (Fsp3) is 0.200. The van der Waals surface area contributed by atoms with E-state index in [9.17, 15) is 0 Å². The highest BCUT2D eigenvalue weighted by molar-refractivity contribution is 5.87. The molecule has 0 N–H and O–H groups in total. The summed E-state index contributed by atoms with van der Waals surface area (Å²) in [7, 11) is 0. The first-order valence-electron chi connectivity index (χ1n) is 9.35. The molecule has 1 heterocycles. The largest absolute Gasteiger partial charge is 0.310 e. The molecule has 0 saturated heterocycles. The third-order valence-electron chi connectivity index (χ3n) is 5.82. The van der Waals surface area contributed by atoms with Gasteiger partial charge in [-0.05, 0) is 47.2 Å². The molecule has 1 nitrogen and oxygen atoms in total. The highest BCUT2D eigenvalue weighted by Gasteiger charge is 2.47. The van der Waals surface area contributed by atoms with E-state index in [1.54, 1.807) is 0 Å². The number of allylic oxidation sites excluding steroid dienone is 2. The molecule has 0 fully saturated rings. The maximum atomic E-state index is 2.45. The third-order valence-corrected chi connectivity index (χ3v) is 5.82. The van der Waals surface area contributed by atoms with Crippen LogP contribution in [0.5, 0.6) is 0 Å². The van der Waals surface area contributed by atoms with Crippen LogP contribution in [-0.4, -0.2) is 0 Å². The quantitative estimate of drug-likeness (QED) is 0.444. The molecule has 0 aromatic heterocycles. The minimum Gasteiger partial charge on any atom is -0.310 e. The fourth-order valence-electron chi connectivity index (χ4n) is 4.80. The predicted octanol–water partition coefficient (Wildman–Crippen LogP) is 6.74. The molecule has 0 unspecified atom stereocenters. The third kappa shape index (κ3) is 2.10. The second kappa shape index (κ2) is 5.35. The van der Waals surface area contributed by atoms with Crippen LogP contribution in [0.25, 0.3) is 0 Å². The van der Waals surface area contributed by atoms with Gasteiger partial charge in [-0.25, -0.2) is 0 Å². The molecule has 5 rings (SSSR count). The molecule has 1 aliphatic carbocycles. The molecule has 1 spiro atoms. The van der Waals surface area contributed by atoms with E-state index in [4.69, 9.17) is 0 Å². The van der Waals surface area contributed by atoms with Gasteiger partial charge >= 0.3 is 0 Å². The van der Waals surface area contributed by atoms with Crippen molar-refractivity contribution < 1.29 is 0 Å². The van der Waals surface area contributed by atoms with Crippen LogP contribution in [0.3, 0.4) is 0 Å². The highest BCUT2D eigenvalue weighted by atomic mass is 15.2. The zero-order valence-corrected chi connectivity index (χ0v) is 15.3. The second-order valence-corrected chi connectivity index (χ2v) is 8.18. The fourth-order valence-corrected chi connectivity index (χ4v) is 4.80. The van der Waals surface area contributed by atoms with E-state index in [2.05, 4.69) is 110 Å². The van der Waals surface area contributed by atoms with Gasteiger partial charge in [0.05, 0.1) is 11.4 Å². The van der Waals surface area contributed by atoms with Gasteiger partial charge in [0.2, 0.25) is 0 Å². The number of nitrogens with zero attached hydrogens (tertiary/aromatic N) is 1. The Kier molecular flexibility index (Phi) is 3.18. The van der Waals surface area contributed by atoms with Gasteiger partial charge in [0.15, 0.2) is 0 Å². The Morgan fingerprint density at radius 3 is 1.73 bits per heavy atom. The van der Waals surface area contributed by atoms with Gasteiger partial charge in [-0.3, -0.25) is 0 Å². The van der Waals surface area contributed by atoms with Crippen LogP contribution in [-0.2, 0) is 5.41 Å². The summed E-state index contributed by atoms with van der Waals surface area (Å²) in [5, 5.41) is 0. The molecular formula is C25H23N. The van der Waals surface area contributed by atoms with Crippen molar-refractivity contribution in [2.75, 3.05) is 4.90 Å². The Morgan fingerprint density at radius 1 is 0.654 bits per heavy atom. The van der Waals surface area contributed by atoms with Gasteiger partial charge < -0.3 is 4.90 Å². The number of benzene rings is 3. The van der Waals surface area contributed by atoms with Crippen molar-refractivity contribution in [2.45, 2.75) is 25.7 Å². The second-order valence-electron chi connectivity index (χ2n) is 8.18. The molecule has 0 atom stereocenters. The van der Waals surface area contributed by atoms with E-state index >= 15 is 0 Å². The lowest BCUT2D eigenvalue weighted by Crippen LogP contribution is -2.34. The van der Waals surface area contributed by atoms with Crippen molar-refractivity contribution in [3.63, 3.8) is 0 Å². The van der Waals surface area contributed by atoms with Crippen molar-refractivity contribution in [3.8, 4) is 0 Å². The Labute approximate surface area is 155 Å². The highest BCUT2D eigenvalue weighted by Crippen LogP contribution is 2.58. The number of hydrogen-bond acceptors (Lipinski definition) is 1. The predicted molar refractivity (Wildman–Crippen MR) is 109 cm³/mol. The van der Waals surface area contributed by atoms with E-state index in [1.807, 2.05) is 0 Å². The number of anilines is 3. The summed E-state index contributed by atoms with van der Waals surface area (Å²) in [5.74, 6) is 0. The first-order chi connectivity index (χ1) is 12.6. The molecule has 1 heteroatoms. The van der Waals surface area contributed by atoms with Gasteiger partial charge in [0, 0.05) is 11.1 Å². The summed E-state index contributed by atoms with van der Waals surface area (Å²) in [4.78, 5) is 2.41. The van der Waals surface area contributed by atoms with Gasteiger partial charge in [-0.2, -0.15) is 0 Å². The van der Waals surface area contributed by atoms with Crippen LogP contribution in [0.1, 0.15) is 31.4 Å². The van der Waals surface area contributed by atoms with Crippen LogP contribution >= 0.6 is 0 Å². The number of fused-ring (bicyclic) bond motifs is 4. The van der Waals surface area contributed by atoms with Gasteiger partial charge in [0.25, 0.3) is 0 Å². The lowest BCUT2D eigenvalue weighted by Gasteiger charge is -2.44. The van der Waals surface area contributed by atoms with E-state index in [0.29, 0.717) is 0 Å². The van der Waals surface area contributed by atoms with E-state index in [0.717, 1.165) is 6.42 Å². The van der Waals surface area contributed by atoms with E-state index in [1.165, 1.54) is 28.2 Å². The Bertz CT molecular complexity index is 950. The molecule has 2 aliphatic rings. The Balaban J connectivity index is 1.83. The SMILES string of the molecule is CC1(C)C=CC2(C1)c1ccccc1N(c1ccccc1)c1ccccc12. The normalized spacial score (nSPS) is 18.6. The van der Waals surface area contributed by atoms with Crippen LogP contribution in [0.4, 0.5) is 17.1 Å². The maximum absolute atomic E-state index is 2.45. The van der Waals surface area contributed by atoms with Gasteiger partial charge in [-0.15, -0.1) is 0 Å². The maximum Gasteiger partial charge on any atom is 0.0506 e. The standard InChI is InChI=1S/C25H23N/c1-24(2)16-17-25(18-24)20-12-6-8-14-22(20)26(19-10-4-3-5-11-19)23-15-9-7-13-21(23)25/h3-17H,18H2,1-2H3. The van der Waals surface area contributed by atoms with Crippen molar-refractivity contribution >= 4 is 17.1 Å². The molecular weight excluding hydrogens is 314 g/mol. The Hall–Kier alpha value is -2.80. The van der Waals surface area contributed by atoms with Gasteiger partial charge in [-0.1, -0.05) is 80.6 Å². The van der Waals surface area contributed by atoms with Crippen molar-refractivity contribution in [1.82, 2.24) is 0 Å². The summed E-state index contributed by atoms with van der Waals surface area (Å²) >= 11 is 0. The van der Waals surface area contributed by atoms with Crippen molar-refractivity contribution in [1.29, 1.82) is 0 Å². The van der Waals surface area contributed by atoms with Crippen molar-refractivity contribution in [2.24, 2.45) is 5.41 Å². The summed E-state index contributed by atoms with van der Waals surface area (Å²) < 4.78 is 0. The molecule has 0 radical (unpaired) electrons. The minimum atomic E-state index is -0.0397. The number of hydrogen-bond donors (Lipinski definition) is 0. The average molecular weight is 337 g/mol. The molecule has 0 amide bonds. The molecule has 1 aliphatic heterocycles. The number of rotatable bonds is 1. The minimum absolute atomic E-state index is 0.0397. The van der Waals surface area contributed by atoms with E-state index in [-0.39, 0.29) is 10.8 Å². The molecule has 3 aromatic carbocycles. The van der Waals surface area contributed by atoms with Crippen LogP contribution < -0.4 is 4.90 Å². The zero-order valence-electron chi connectivity index (χ0n) is 15.3. The van der Waals surface area contributed by atoms with Crippen molar-refractivity contribution in [3.05, 3.63) is 102 Å². The Morgan fingerprint density at radius 2 is 1.19 bits per heavy atom. The smallest absolute Gasteiger partial charge is 0.0506 e. The van der Waals surface area contributed by atoms with Crippen LogP contribution in [0, 0.1) is 5.41 Å². The van der Waals surface area contributed by atoms with Gasteiger partial charge in [0.1, 0.15) is 0 Å². The summed E-state index contributed by atoms with van der Waals surface area (Å²) in [6.45, 7) is 4.68. The summed E-state index contributed by atoms with van der Waals surface area (Å²) in [6.07, 6.45) is 5.96.